The lowest BCUT2D eigenvalue weighted by Gasteiger charge is -2.35. The lowest BCUT2D eigenvalue weighted by molar-refractivity contribution is -0.142. The van der Waals surface area contributed by atoms with Gasteiger partial charge in [-0.2, -0.15) is 0 Å². The Hall–Kier alpha value is -9.89. The maximum atomic E-state index is 14.4. The molecule has 12 amide bonds. The van der Waals surface area contributed by atoms with Crippen molar-refractivity contribution in [3.8, 4) is 0 Å². The van der Waals surface area contributed by atoms with E-state index in [9.17, 15) is 85.9 Å². The zero-order valence-corrected chi connectivity index (χ0v) is 89.3. The van der Waals surface area contributed by atoms with E-state index in [1.165, 1.54) is 44.1 Å². The lowest BCUT2D eigenvalue weighted by Crippen LogP contribution is -2.58. The fraction of sp³-hybridized carbons (Fsp3) is 0.673. The van der Waals surface area contributed by atoms with Crippen LogP contribution in [0.25, 0.3) is 0 Å². The Kier molecular flexibility index (Phi) is 34.8. The molecule has 6 fully saturated rings. The predicted octanol–water partition coefficient (Wildman–Crippen LogP) is 14.9. The summed E-state index contributed by atoms with van der Waals surface area (Å²) < 4.78 is 79.3. The predicted molar refractivity (Wildman–Crippen MR) is 537 cm³/mol. The number of cyclic esters (lactones) is 3. The summed E-state index contributed by atoms with van der Waals surface area (Å²) in [4.78, 5) is 206. The second-order valence-corrected chi connectivity index (χ2v) is 52.2. The van der Waals surface area contributed by atoms with Crippen LogP contribution in [0.15, 0.2) is 79.6 Å². The number of nitrogens with zero attached hydrogens (tertiary/aromatic N) is 6. The summed E-state index contributed by atoms with van der Waals surface area (Å²) in [5, 5.41) is 12.4. The van der Waals surface area contributed by atoms with Gasteiger partial charge in [-0.1, -0.05) is 196 Å². The maximum Gasteiger partial charge on any atom is 0.410 e. The van der Waals surface area contributed by atoms with Gasteiger partial charge in [0.05, 0.1) is 46.1 Å². The molecule has 12 aliphatic rings. The molecule has 37 nitrogen and oxygen atoms in total. The Morgan fingerprint density at radius 3 is 1.04 bits per heavy atom. The first-order chi connectivity index (χ1) is 67.7. The van der Waals surface area contributed by atoms with Crippen LogP contribution >= 0.6 is 22.3 Å². The molecule has 3 aromatic rings. The zero-order chi connectivity index (χ0) is 105. The van der Waals surface area contributed by atoms with Crippen LogP contribution in [0.2, 0.25) is 0 Å². The molecule has 9 heterocycles. The molecule has 3 aliphatic carbocycles. The van der Waals surface area contributed by atoms with Crippen LogP contribution in [0.3, 0.4) is 0 Å². The van der Waals surface area contributed by atoms with Gasteiger partial charge in [-0.05, 0) is 186 Å². The van der Waals surface area contributed by atoms with Crippen LogP contribution in [0.1, 0.15) is 263 Å². The molecule has 3 saturated carbocycles. The fourth-order valence-electron chi connectivity index (χ4n) is 22.0. The van der Waals surface area contributed by atoms with Crippen LogP contribution < -0.4 is 31.9 Å². The lowest BCUT2D eigenvalue weighted by atomic mass is 9.85. The molecular weight excluding hydrogens is 1910 g/mol. The number of nitrogens with one attached hydrogen (secondary N) is 6. The van der Waals surface area contributed by atoms with Gasteiger partial charge in [0.1, 0.15) is 70.4 Å². The highest BCUT2D eigenvalue weighted by Gasteiger charge is 2.69. The van der Waals surface area contributed by atoms with Gasteiger partial charge >= 0.3 is 44.2 Å². The van der Waals surface area contributed by atoms with Crippen molar-refractivity contribution >= 4 is 94.3 Å². The molecule has 9 N–H and O–H groups in total. The van der Waals surface area contributed by atoms with Crippen molar-refractivity contribution in [1.82, 2.24) is 61.3 Å². The van der Waals surface area contributed by atoms with E-state index in [1.54, 1.807) is 63.2 Å². The van der Waals surface area contributed by atoms with Gasteiger partial charge in [-0.15, -0.1) is 6.58 Å². The molecule has 0 radical (unpaired) electrons. The minimum absolute atomic E-state index is 0.0103. The minimum Gasteiger partial charge on any atom is -0.449 e. The molecule has 12 bridgehead atoms. The van der Waals surface area contributed by atoms with Gasteiger partial charge in [0, 0.05) is 71.1 Å². The monoisotopic (exact) mass is 2060 g/mol. The first kappa shape index (κ1) is 111. The van der Waals surface area contributed by atoms with Crippen LogP contribution in [0.4, 0.5) is 28.8 Å². The van der Waals surface area contributed by atoms with Crippen molar-refractivity contribution in [2.45, 2.75) is 342 Å². The molecule has 3 aromatic carbocycles. The molecule has 21 atom stereocenters. The van der Waals surface area contributed by atoms with Gasteiger partial charge in [0.15, 0.2) is 0 Å². The molecule has 40 heteroatoms. The van der Waals surface area contributed by atoms with Crippen molar-refractivity contribution in [3.63, 3.8) is 0 Å². The van der Waals surface area contributed by atoms with E-state index in [4.69, 9.17) is 32.9 Å². The van der Waals surface area contributed by atoms with E-state index in [1.807, 2.05) is 91.8 Å². The molecule has 3 unspecified atom stereocenters. The highest BCUT2D eigenvalue weighted by molar-refractivity contribution is 7.63. The number of aryl methyl sites for hydroxylation is 3. The van der Waals surface area contributed by atoms with E-state index in [2.05, 4.69) is 63.3 Å². The number of alkyl carbamates (subject to hydrolysis) is 3. The molecule has 15 rings (SSSR count). The van der Waals surface area contributed by atoms with E-state index in [-0.39, 0.29) is 108 Å². The number of benzene rings is 3. The molecular formula is C104H153N12O25P3. The number of fused-ring (bicyclic) bond motifs is 9. The van der Waals surface area contributed by atoms with E-state index >= 15 is 0 Å². The fourth-order valence-corrected chi connectivity index (χ4v) is 27.3. The topological polar surface area (TPSA) is 473 Å². The highest BCUT2D eigenvalue weighted by Crippen LogP contribution is 2.72. The van der Waals surface area contributed by atoms with Crippen LogP contribution in [0, 0.1) is 51.8 Å². The summed E-state index contributed by atoms with van der Waals surface area (Å²) in [6, 6.07) is 11.8. The highest BCUT2D eigenvalue weighted by atomic mass is 31.2. The third kappa shape index (κ3) is 25.2. The Labute approximate surface area is 846 Å². The quantitative estimate of drug-likeness (QED) is 0.0388. The third-order valence-electron chi connectivity index (χ3n) is 31.0. The Balaban J connectivity index is 0.000000181. The second kappa shape index (κ2) is 45.0. The van der Waals surface area contributed by atoms with Gasteiger partial charge in [0.25, 0.3) is 0 Å². The number of carbonyl (C=O) groups excluding carboxylic acids is 12. The summed E-state index contributed by atoms with van der Waals surface area (Å²) >= 11 is 0. The van der Waals surface area contributed by atoms with Crippen molar-refractivity contribution in [3.05, 3.63) is 130 Å². The average molecular weight is 2060 g/mol. The SMILES string of the molecule is C=C[C@@H]1C[C@]1(NC(=O)[C@@H]1C[C@@H]2CN1C(=O)[C@H](C(C)(C)C)NC(=O)OC[C@@H](C)CCCCc1cccc3c1CN(C3)C(=O)O2)P(=O)(O)C=C.CCOP(=O)(O)[C@@]1(NC(=O)[C@@H]2C[C@@H]3CN2C(=O)[C@H](C(C)(C)C)NC(=O)OC[C@@H](C)CCCCc2cccc4c2CN(C4)C(=O)O3)C[C@H]1CC.CC[C@@H]1C[C@]1(NC(=O)[C@@H]1C[C@@H]2CN1C(=O)[C@H](C(C)(C)C)NC(=O)OC[C@@H](C)CCCCc1cccc3c1CN(C3)C(=O)O2)P(C)(=O)O. The van der Waals surface area contributed by atoms with Gasteiger partial charge < -0.3 is 94.2 Å². The molecule has 0 spiro atoms. The van der Waals surface area contributed by atoms with Gasteiger partial charge in [-0.3, -0.25) is 57.2 Å². The van der Waals surface area contributed by atoms with Gasteiger partial charge in [-0.25, -0.2) is 28.8 Å². The third-order valence-corrected chi connectivity index (χ3v) is 37.6. The van der Waals surface area contributed by atoms with E-state index in [0.717, 1.165) is 116 Å². The van der Waals surface area contributed by atoms with Crippen molar-refractivity contribution in [2.24, 2.45) is 51.8 Å². The largest absolute Gasteiger partial charge is 0.449 e. The Bertz CT molecular complexity index is 5480. The Morgan fingerprint density at radius 1 is 0.458 bits per heavy atom. The standard InChI is InChI=1S/C35H53N4O9P.C35H49N4O8P.C34H51N4O8P/c1-7-25-17-35(25,49(44,45)47-8-2)37-30(40)28-16-26-19-39(28)31(41)29(34(4,5)6)36-32(42)46-21-22(3)12-9-10-13-23-14-11-15-24-18-38(20-27(23)24)33(43)48-26;1-7-25-17-35(25,48(44,45)8-2)37-30(40)28-16-26-19-39(28)31(41)29(34(4,5)6)36-32(42)46-21-22(3)12-9-10-13-23-14-11-15-24-18-38(20-27(23)24)33(43)47-26;1-7-24-16-34(24,47(6,43)44)36-29(39)27-15-25-18-38(27)30(40)28(33(3,4)5)35-31(41)45-20-21(2)11-8-9-12-22-13-10-14-23-17-37(19-26(22)23)32(42)46-25/h11,14-15,22,25-26,28-29H,7-10,12-13,16-21H2,1-6H3,(H,36,42)(H,37,40)(H,44,45);7-8,11,14-15,22,25-26,28-29H,1-2,9-10,12-13,16-21H2,3-6H3,(H,36,42)(H,37,40)(H,44,45);10,13-14,21,24-25,27-28H,7-9,11-12,15-20H2,1-6H3,(H,35,41)(H,36,39)(H,43,44)/t2*22-,25+,26+,28-,29+,35-;21-,24+,25+,27-,28+,34-/m000/s1. The first-order valence-corrected chi connectivity index (χ1v) is 56.8. The van der Waals surface area contributed by atoms with Crippen LogP contribution in [0.5, 0.6) is 0 Å². The maximum absolute atomic E-state index is 14.4. The molecule has 0 aromatic heterocycles. The van der Waals surface area contributed by atoms with Gasteiger partial charge in [0.2, 0.25) is 50.2 Å². The summed E-state index contributed by atoms with van der Waals surface area (Å²) in [6.45, 7) is 38.9. The van der Waals surface area contributed by atoms with Crippen LogP contribution in [-0.4, -0.2) is 239 Å². The zero-order valence-electron chi connectivity index (χ0n) is 86.6. The number of amides is 12. The second-order valence-electron chi connectivity index (χ2n) is 45.2. The van der Waals surface area contributed by atoms with E-state index < -0.39 is 187 Å². The normalized spacial score (nSPS) is 31.2. The molecule has 794 valence electrons. The van der Waals surface area contributed by atoms with E-state index in [0.29, 0.717) is 58.5 Å². The number of carbonyl (C=O) groups is 12. The Morgan fingerprint density at radius 2 is 0.764 bits per heavy atom. The van der Waals surface area contributed by atoms with Crippen LogP contribution in [-0.2, 0) is 134 Å². The first-order valence-electron chi connectivity index (χ1n) is 51.4. The van der Waals surface area contributed by atoms with Crippen molar-refractivity contribution < 1.29 is 119 Å². The number of rotatable bonds is 15. The summed E-state index contributed by atoms with van der Waals surface area (Å²) in [5.74, 6) is -3.12. The minimum atomic E-state index is -4.26. The smallest absolute Gasteiger partial charge is 0.410 e. The number of ether oxygens (including phenoxy) is 6. The average Bonchev–Trinajstić information content (AvgIpc) is 1.56. The summed E-state index contributed by atoms with van der Waals surface area (Å²) in [7, 11) is -12.0. The van der Waals surface area contributed by atoms with Crippen molar-refractivity contribution in [2.75, 3.05) is 52.7 Å². The molecule has 9 aliphatic heterocycles. The summed E-state index contributed by atoms with van der Waals surface area (Å²) in [5.41, 5.74) is 7.85. The number of hydrogen-bond acceptors (Lipinski definition) is 22. The van der Waals surface area contributed by atoms with Crippen molar-refractivity contribution in [1.29, 1.82) is 0 Å². The summed E-state index contributed by atoms with van der Waals surface area (Å²) in [6.07, 6.45) is 8.06. The molecule has 144 heavy (non-hydrogen) atoms. The molecule has 3 saturated heterocycles. The number of hydrogen-bond donors (Lipinski definition) is 9.